The maximum Gasteiger partial charge on any atom is 0.192 e. The zero-order valence-corrected chi connectivity index (χ0v) is 20.1. The number of aromatic amines is 1. The number of hydrogen-bond donors (Lipinski definition) is 1. The fourth-order valence-electron chi connectivity index (χ4n) is 5.16. The van der Waals surface area contributed by atoms with Crippen molar-refractivity contribution in [2.24, 2.45) is 0 Å². The van der Waals surface area contributed by atoms with Gasteiger partial charge in [0.2, 0.25) is 0 Å². The second kappa shape index (κ2) is 9.04. The molecule has 1 N–H and O–H groups in total. The number of benzene rings is 2. The SMILES string of the molecule is CC(Sc1nnc(-c2c[nH]c3ccccc23)n1CC1CCCO1)C(=O)c1ccc2c(c1)CCC2. The molecule has 7 heteroatoms. The average Bonchev–Trinajstić information content (AvgIpc) is 3.66. The predicted octanol–water partition coefficient (Wildman–Crippen LogP) is 5.46. The van der Waals surface area contributed by atoms with Gasteiger partial charge in [0.25, 0.3) is 0 Å². The molecule has 6 rings (SSSR count). The Balaban J connectivity index is 1.31. The molecule has 1 saturated heterocycles. The molecule has 2 unspecified atom stereocenters. The Kier molecular flexibility index (Phi) is 5.75. The number of Topliss-reactive ketones (excluding diaryl/α,β-unsaturated/α-hetero) is 1. The zero-order chi connectivity index (χ0) is 23.1. The molecule has 174 valence electrons. The van der Waals surface area contributed by atoms with Gasteiger partial charge >= 0.3 is 0 Å². The molecular weight excluding hydrogens is 444 g/mol. The molecule has 0 spiro atoms. The summed E-state index contributed by atoms with van der Waals surface area (Å²) in [7, 11) is 0. The Morgan fingerprint density at radius 2 is 2.06 bits per heavy atom. The third kappa shape index (κ3) is 3.97. The van der Waals surface area contributed by atoms with Crippen LogP contribution in [-0.4, -0.2) is 43.5 Å². The molecule has 0 radical (unpaired) electrons. The van der Waals surface area contributed by atoms with Gasteiger partial charge in [0.15, 0.2) is 16.8 Å². The summed E-state index contributed by atoms with van der Waals surface area (Å²) in [6.07, 6.45) is 7.61. The maximum atomic E-state index is 13.3. The average molecular weight is 473 g/mol. The summed E-state index contributed by atoms with van der Waals surface area (Å²) in [6, 6.07) is 14.4. The number of hydrogen-bond acceptors (Lipinski definition) is 5. The van der Waals surface area contributed by atoms with Crippen LogP contribution in [0.25, 0.3) is 22.3 Å². The Hall–Kier alpha value is -2.90. The molecule has 2 aliphatic rings. The molecule has 1 fully saturated rings. The number of carbonyl (C=O) groups excluding carboxylic acids is 1. The fraction of sp³-hybridized carbons (Fsp3) is 0.370. The highest BCUT2D eigenvalue weighted by molar-refractivity contribution is 8.00. The van der Waals surface area contributed by atoms with Gasteiger partial charge < -0.3 is 9.72 Å². The Bertz CT molecular complexity index is 1350. The van der Waals surface area contributed by atoms with Crippen molar-refractivity contribution >= 4 is 28.4 Å². The number of aryl methyl sites for hydroxylation is 2. The first-order valence-electron chi connectivity index (χ1n) is 12.1. The van der Waals surface area contributed by atoms with Crippen molar-refractivity contribution in [2.75, 3.05) is 6.61 Å². The molecule has 34 heavy (non-hydrogen) atoms. The van der Waals surface area contributed by atoms with Gasteiger partial charge in [0.05, 0.1) is 17.9 Å². The van der Waals surface area contributed by atoms with Crippen LogP contribution in [0.5, 0.6) is 0 Å². The van der Waals surface area contributed by atoms with E-state index in [-0.39, 0.29) is 17.1 Å². The standard InChI is InChI=1S/C27H28N4O2S/c1-17(25(32)20-12-11-18-6-4-7-19(18)14-20)34-27-30-29-26(31(27)16-21-8-5-13-33-21)23-15-28-24-10-3-2-9-22(23)24/h2-3,9-12,14-15,17,21,28H,4-8,13,16H2,1H3. The number of rotatable bonds is 7. The highest BCUT2D eigenvalue weighted by Crippen LogP contribution is 2.33. The summed E-state index contributed by atoms with van der Waals surface area (Å²) in [6.45, 7) is 3.45. The van der Waals surface area contributed by atoms with E-state index in [0.717, 1.165) is 65.3 Å². The van der Waals surface area contributed by atoms with Crippen molar-refractivity contribution in [3.63, 3.8) is 0 Å². The number of nitrogens with one attached hydrogen (secondary N) is 1. The number of thioether (sulfide) groups is 1. The van der Waals surface area contributed by atoms with Crippen molar-refractivity contribution in [3.05, 3.63) is 65.4 Å². The molecule has 1 aliphatic heterocycles. The molecule has 0 saturated carbocycles. The largest absolute Gasteiger partial charge is 0.376 e. The minimum atomic E-state index is -0.261. The van der Waals surface area contributed by atoms with Gasteiger partial charge in [-0.15, -0.1) is 10.2 Å². The third-order valence-electron chi connectivity index (χ3n) is 6.99. The number of aromatic nitrogens is 4. The molecule has 2 aromatic carbocycles. The van der Waals surface area contributed by atoms with E-state index in [0.29, 0.717) is 6.54 Å². The van der Waals surface area contributed by atoms with Crippen LogP contribution in [-0.2, 0) is 24.1 Å². The third-order valence-corrected chi connectivity index (χ3v) is 8.07. The van der Waals surface area contributed by atoms with Gasteiger partial charge in [-0.3, -0.25) is 9.36 Å². The number of nitrogens with zero attached hydrogens (tertiary/aromatic N) is 3. The summed E-state index contributed by atoms with van der Waals surface area (Å²) in [5, 5.41) is 10.8. The van der Waals surface area contributed by atoms with Crippen molar-refractivity contribution in [1.82, 2.24) is 19.7 Å². The van der Waals surface area contributed by atoms with Crippen LogP contribution < -0.4 is 0 Å². The number of fused-ring (bicyclic) bond motifs is 2. The number of carbonyl (C=O) groups is 1. The fourth-order valence-corrected chi connectivity index (χ4v) is 6.10. The first-order chi connectivity index (χ1) is 16.7. The molecule has 0 bridgehead atoms. The van der Waals surface area contributed by atoms with Crippen LogP contribution in [0.15, 0.2) is 53.8 Å². The van der Waals surface area contributed by atoms with E-state index in [4.69, 9.17) is 4.74 Å². The van der Waals surface area contributed by atoms with Crippen molar-refractivity contribution in [2.45, 2.75) is 62.1 Å². The molecular formula is C27H28N4O2S. The number of H-pyrrole nitrogens is 1. The Labute approximate surface area is 203 Å². The van der Waals surface area contributed by atoms with E-state index in [9.17, 15) is 4.79 Å². The smallest absolute Gasteiger partial charge is 0.192 e. The lowest BCUT2D eigenvalue weighted by Gasteiger charge is -2.16. The van der Waals surface area contributed by atoms with Crippen LogP contribution in [0.3, 0.4) is 0 Å². The van der Waals surface area contributed by atoms with Gasteiger partial charge in [0, 0.05) is 34.8 Å². The van der Waals surface area contributed by atoms with Crippen LogP contribution in [0.2, 0.25) is 0 Å². The second-order valence-corrected chi connectivity index (χ2v) is 10.6. The normalized spacial score (nSPS) is 18.4. The molecule has 2 atom stereocenters. The predicted molar refractivity (Wildman–Crippen MR) is 134 cm³/mol. The number of ketones is 1. The lowest BCUT2D eigenvalue weighted by Crippen LogP contribution is -2.19. The van der Waals surface area contributed by atoms with Gasteiger partial charge in [-0.25, -0.2) is 0 Å². The Morgan fingerprint density at radius 1 is 1.18 bits per heavy atom. The van der Waals surface area contributed by atoms with Crippen molar-refractivity contribution in [1.29, 1.82) is 0 Å². The van der Waals surface area contributed by atoms with Crippen LogP contribution in [0.1, 0.15) is 47.7 Å². The topological polar surface area (TPSA) is 72.8 Å². The summed E-state index contributed by atoms with van der Waals surface area (Å²) < 4.78 is 8.09. The molecule has 6 nitrogen and oxygen atoms in total. The number of para-hydroxylation sites is 1. The van der Waals surface area contributed by atoms with Gasteiger partial charge in [-0.05, 0) is 62.3 Å². The van der Waals surface area contributed by atoms with E-state index in [1.807, 2.05) is 31.3 Å². The van der Waals surface area contributed by atoms with Crippen LogP contribution in [0.4, 0.5) is 0 Å². The minimum Gasteiger partial charge on any atom is -0.376 e. The second-order valence-electron chi connectivity index (χ2n) is 9.26. The summed E-state index contributed by atoms with van der Waals surface area (Å²) >= 11 is 1.49. The van der Waals surface area contributed by atoms with Gasteiger partial charge in [-0.1, -0.05) is 42.1 Å². The van der Waals surface area contributed by atoms with Gasteiger partial charge in [0.1, 0.15) is 0 Å². The monoisotopic (exact) mass is 472 g/mol. The van der Waals surface area contributed by atoms with E-state index < -0.39 is 0 Å². The summed E-state index contributed by atoms with van der Waals surface area (Å²) in [5.74, 6) is 0.952. The zero-order valence-electron chi connectivity index (χ0n) is 19.3. The highest BCUT2D eigenvalue weighted by atomic mass is 32.2. The van der Waals surface area contributed by atoms with Crippen LogP contribution >= 0.6 is 11.8 Å². The molecule has 3 heterocycles. The van der Waals surface area contributed by atoms with E-state index >= 15 is 0 Å². The van der Waals surface area contributed by atoms with E-state index in [1.165, 1.54) is 29.3 Å². The minimum absolute atomic E-state index is 0.139. The lowest BCUT2D eigenvalue weighted by atomic mass is 10.0. The van der Waals surface area contributed by atoms with E-state index in [2.05, 4.69) is 44.0 Å². The molecule has 0 amide bonds. The number of ether oxygens (including phenoxy) is 1. The Morgan fingerprint density at radius 3 is 2.94 bits per heavy atom. The summed E-state index contributed by atoms with van der Waals surface area (Å²) in [4.78, 5) is 16.7. The highest BCUT2D eigenvalue weighted by Gasteiger charge is 2.26. The lowest BCUT2D eigenvalue weighted by molar-refractivity contribution is 0.0953. The molecule has 4 aromatic rings. The van der Waals surface area contributed by atoms with Crippen molar-refractivity contribution < 1.29 is 9.53 Å². The van der Waals surface area contributed by atoms with Gasteiger partial charge in [-0.2, -0.15) is 0 Å². The maximum absolute atomic E-state index is 13.3. The van der Waals surface area contributed by atoms with Crippen LogP contribution in [0, 0.1) is 0 Å². The first-order valence-corrected chi connectivity index (χ1v) is 13.0. The molecule has 2 aromatic heterocycles. The first kappa shape index (κ1) is 21.6. The van der Waals surface area contributed by atoms with Crippen molar-refractivity contribution in [3.8, 4) is 11.4 Å². The van der Waals surface area contributed by atoms with E-state index in [1.54, 1.807) is 0 Å². The summed E-state index contributed by atoms with van der Waals surface area (Å²) in [5.41, 5.74) is 5.59. The quantitative estimate of drug-likeness (QED) is 0.286. The molecule has 1 aliphatic carbocycles.